The number of nitrogens with zero attached hydrogens (tertiary/aromatic N) is 1. The molecule has 8 rings (SSSR count). The summed E-state index contributed by atoms with van der Waals surface area (Å²) in [7, 11) is -2.59. The average Bonchev–Trinajstić information content (AvgIpc) is 3.46. The van der Waals surface area contributed by atoms with Gasteiger partial charge in [0.25, 0.3) is 0 Å². The minimum atomic E-state index is -2.59. The molecule has 0 aliphatic carbocycles. The molecule has 0 spiro atoms. The van der Waals surface area contributed by atoms with Crippen molar-refractivity contribution in [3.8, 4) is 0 Å². The number of para-hydroxylation sites is 1. The van der Waals surface area contributed by atoms with Crippen molar-refractivity contribution in [3.63, 3.8) is 0 Å². The molecule has 0 aliphatic heterocycles. The number of aromatic nitrogens is 1. The summed E-state index contributed by atoms with van der Waals surface area (Å²) in [4.78, 5) is 0. The molecule has 0 amide bonds. The van der Waals surface area contributed by atoms with Gasteiger partial charge in [0.2, 0.25) is 0 Å². The van der Waals surface area contributed by atoms with Crippen molar-refractivity contribution < 1.29 is 0 Å². The van der Waals surface area contributed by atoms with Gasteiger partial charge in [-0.25, -0.2) is 0 Å². The van der Waals surface area contributed by atoms with E-state index in [1.54, 1.807) is 0 Å². The summed E-state index contributed by atoms with van der Waals surface area (Å²) in [6.45, 7) is 0.707. The quantitative estimate of drug-likeness (QED) is 0.0554. The van der Waals surface area contributed by atoms with Crippen molar-refractivity contribution in [1.29, 1.82) is 0 Å². The second-order valence-corrected chi connectivity index (χ2v) is 16.9. The van der Waals surface area contributed by atoms with Crippen LogP contribution < -0.4 is 26.1 Å². The Hall–Kier alpha value is -4.49. The Balaban J connectivity index is 1.22. The number of fused-ring (bicyclic) bond motifs is 5. The first kappa shape index (κ1) is 28.9. The molecule has 1 unspecified atom stereocenters. The van der Waals surface area contributed by atoms with Crippen molar-refractivity contribution in [2.75, 3.05) is 0 Å². The van der Waals surface area contributed by atoms with Crippen LogP contribution in [0.2, 0.25) is 0 Å². The van der Waals surface area contributed by atoms with E-state index in [4.69, 9.17) is 0 Å². The third kappa shape index (κ3) is 4.89. The van der Waals surface area contributed by atoms with Crippen LogP contribution in [-0.4, -0.2) is 12.6 Å². The Morgan fingerprint density at radius 2 is 1.04 bits per heavy atom. The normalized spacial score (nSPS) is 12.5. The Morgan fingerprint density at radius 3 is 1.70 bits per heavy atom. The van der Waals surface area contributed by atoms with Crippen molar-refractivity contribution in [2.24, 2.45) is 0 Å². The molecule has 1 aromatic heterocycles. The SMILES string of the molecule is IC(NCn1c2ccccc2c2c3ccccc3ccc21)c1cccc([Si](c2ccccc2)(c2ccccc2)c2ccccc2)c1. The van der Waals surface area contributed by atoms with Crippen molar-refractivity contribution in [1.82, 2.24) is 9.88 Å². The lowest BCUT2D eigenvalue weighted by Crippen LogP contribution is -2.74. The topological polar surface area (TPSA) is 17.0 Å². The van der Waals surface area contributed by atoms with Gasteiger partial charge in [-0.1, -0.05) is 186 Å². The fourth-order valence-corrected chi connectivity index (χ4v) is 12.7. The van der Waals surface area contributed by atoms with Gasteiger partial charge in [-0.2, -0.15) is 0 Å². The molecule has 1 atom stereocenters. The van der Waals surface area contributed by atoms with Crippen LogP contribution in [0.15, 0.2) is 176 Å². The molecule has 7 aromatic carbocycles. The predicted molar refractivity (Wildman–Crippen MR) is 207 cm³/mol. The minimum Gasteiger partial charge on any atom is -0.327 e. The molecule has 4 heteroatoms. The number of halogens is 1. The maximum absolute atomic E-state index is 3.90. The number of hydrogen-bond donors (Lipinski definition) is 1. The van der Waals surface area contributed by atoms with Crippen LogP contribution in [0.25, 0.3) is 32.6 Å². The molecule has 0 fully saturated rings. The summed E-state index contributed by atoms with van der Waals surface area (Å²) in [6, 6.07) is 64.8. The third-order valence-corrected chi connectivity index (χ3v) is 15.3. The highest BCUT2D eigenvalue weighted by molar-refractivity contribution is 14.1. The van der Waals surface area contributed by atoms with Crippen LogP contribution >= 0.6 is 22.6 Å². The van der Waals surface area contributed by atoms with Crippen LogP contribution in [0.1, 0.15) is 9.61 Å². The number of alkyl halides is 1. The Kier molecular flexibility index (Phi) is 7.78. The van der Waals surface area contributed by atoms with Gasteiger partial charge < -0.3 is 4.57 Å². The van der Waals surface area contributed by atoms with Gasteiger partial charge >= 0.3 is 0 Å². The van der Waals surface area contributed by atoms with E-state index in [1.807, 2.05) is 0 Å². The van der Waals surface area contributed by atoms with Gasteiger partial charge in [0.05, 0.1) is 21.8 Å². The highest BCUT2D eigenvalue weighted by Gasteiger charge is 2.41. The third-order valence-electron chi connectivity index (χ3n) is 9.32. The summed E-state index contributed by atoms with van der Waals surface area (Å²) >= 11 is 2.57. The van der Waals surface area contributed by atoms with E-state index in [0.29, 0.717) is 6.67 Å². The molecule has 0 saturated carbocycles. The standard InChI is InChI=1S/C42H33IN2Si/c43-42(44-30-45-39-26-13-12-25-38(39)41-37-24-11-10-15-31(37)27-28-40(41)45)32-16-14-23-36(29-32)46(33-17-4-1-5-18-33,34-19-6-2-7-20-34)35-21-8-3-9-22-35/h1-29,42,44H,30H2. The summed E-state index contributed by atoms with van der Waals surface area (Å²) < 4.78 is 2.55. The molecule has 1 N–H and O–H groups in total. The zero-order valence-corrected chi connectivity index (χ0v) is 28.5. The van der Waals surface area contributed by atoms with Gasteiger partial charge in [-0.3, -0.25) is 5.32 Å². The van der Waals surface area contributed by atoms with Gasteiger partial charge in [0.15, 0.2) is 8.07 Å². The summed E-state index contributed by atoms with van der Waals surface area (Å²) in [5.74, 6) is 0. The van der Waals surface area contributed by atoms with E-state index < -0.39 is 8.07 Å². The molecule has 0 radical (unpaired) electrons. The Bertz CT molecular complexity index is 2180. The van der Waals surface area contributed by atoms with E-state index in [-0.39, 0.29) is 4.05 Å². The van der Waals surface area contributed by atoms with Crippen LogP contribution in [0.3, 0.4) is 0 Å². The molecule has 222 valence electrons. The molecular weight excluding hydrogens is 687 g/mol. The summed E-state index contributed by atoms with van der Waals surface area (Å²) in [5.41, 5.74) is 3.79. The first-order chi connectivity index (χ1) is 22.7. The summed E-state index contributed by atoms with van der Waals surface area (Å²) in [5, 5.41) is 14.7. The number of nitrogens with one attached hydrogen (secondary N) is 1. The highest BCUT2D eigenvalue weighted by atomic mass is 127. The maximum Gasteiger partial charge on any atom is 0.179 e. The van der Waals surface area contributed by atoms with Gasteiger partial charge in [-0.15, -0.1) is 0 Å². The van der Waals surface area contributed by atoms with Gasteiger partial charge in [-0.05, 0) is 49.2 Å². The Labute approximate surface area is 284 Å². The molecule has 0 aliphatic rings. The van der Waals surface area contributed by atoms with Crippen molar-refractivity contribution in [2.45, 2.75) is 10.7 Å². The van der Waals surface area contributed by atoms with Crippen molar-refractivity contribution >= 4 is 84.0 Å². The Morgan fingerprint density at radius 1 is 0.500 bits per heavy atom. The van der Waals surface area contributed by atoms with E-state index in [2.05, 4.69) is 208 Å². The van der Waals surface area contributed by atoms with Gasteiger partial charge in [0, 0.05) is 10.8 Å². The second-order valence-electron chi connectivity index (χ2n) is 11.8. The predicted octanol–water partition coefficient (Wildman–Crippen LogP) is 8.01. The molecule has 1 heterocycles. The minimum absolute atomic E-state index is 0.114. The van der Waals surface area contributed by atoms with Gasteiger partial charge in [0.1, 0.15) is 0 Å². The molecule has 0 bridgehead atoms. The average molecular weight is 721 g/mol. The zero-order valence-electron chi connectivity index (χ0n) is 25.4. The fraction of sp³-hybridized carbons (Fsp3) is 0.0476. The van der Waals surface area contributed by atoms with E-state index >= 15 is 0 Å². The summed E-state index contributed by atoms with van der Waals surface area (Å²) in [6.07, 6.45) is 0. The van der Waals surface area contributed by atoms with E-state index in [0.717, 1.165) is 0 Å². The first-order valence-electron chi connectivity index (χ1n) is 15.8. The largest absolute Gasteiger partial charge is 0.327 e. The second kappa shape index (κ2) is 12.4. The lowest BCUT2D eigenvalue weighted by atomic mass is 10.0. The van der Waals surface area contributed by atoms with E-state index in [9.17, 15) is 0 Å². The fourth-order valence-electron chi connectivity index (χ4n) is 7.27. The molecule has 2 nitrogen and oxygen atoms in total. The lowest BCUT2D eigenvalue weighted by Gasteiger charge is -2.35. The number of rotatable bonds is 8. The number of hydrogen-bond acceptors (Lipinski definition) is 1. The first-order valence-corrected chi connectivity index (χ1v) is 19.0. The monoisotopic (exact) mass is 720 g/mol. The molecule has 46 heavy (non-hydrogen) atoms. The smallest absolute Gasteiger partial charge is 0.179 e. The van der Waals surface area contributed by atoms with Crippen LogP contribution in [-0.2, 0) is 6.67 Å². The van der Waals surface area contributed by atoms with E-state index in [1.165, 1.54) is 58.9 Å². The van der Waals surface area contributed by atoms with Crippen molar-refractivity contribution in [3.05, 3.63) is 181 Å². The maximum atomic E-state index is 3.90. The molecule has 0 saturated heterocycles. The number of benzene rings is 7. The molecule has 8 aromatic rings. The highest BCUT2D eigenvalue weighted by Crippen LogP contribution is 2.35. The molecular formula is C42H33IN2Si. The zero-order chi connectivity index (χ0) is 30.9. The van der Waals surface area contributed by atoms with Crippen LogP contribution in [0.4, 0.5) is 0 Å². The van der Waals surface area contributed by atoms with Crippen LogP contribution in [0, 0.1) is 0 Å². The lowest BCUT2D eigenvalue weighted by molar-refractivity contribution is 0.585. The van der Waals surface area contributed by atoms with Crippen LogP contribution in [0.5, 0.6) is 0 Å².